The summed E-state index contributed by atoms with van der Waals surface area (Å²) in [6.45, 7) is -0.570. The van der Waals surface area contributed by atoms with Crippen molar-refractivity contribution in [1.82, 2.24) is 0 Å². The highest BCUT2D eigenvalue weighted by Gasteiger charge is 2.54. The van der Waals surface area contributed by atoms with E-state index < -0.39 is 41.5 Å². The molecule has 28 heavy (non-hydrogen) atoms. The Morgan fingerprint density at radius 3 is 2.00 bits per heavy atom. The molecule has 0 radical (unpaired) electrons. The molecule has 0 amide bonds. The average Bonchev–Trinajstić information content (AvgIpc) is 2.92. The van der Waals surface area contributed by atoms with Gasteiger partial charge in [0, 0.05) is 11.1 Å². The van der Waals surface area contributed by atoms with E-state index in [4.69, 9.17) is 42.1 Å². The molecule has 2 saturated heterocycles. The lowest BCUT2D eigenvalue weighted by Crippen LogP contribution is -2.47. The molecule has 2 aliphatic heterocycles. The van der Waals surface area contributed by atoms with Crippen molar-refractivity contribution < 1.29 is 29.2 Å². The third-order valence-electron chi connectivity index (χ3n) is 4.83. The maximum atomic E-state index is 10.9. The molecule has 0 spiro atoms. The van der Waals surface area contributed by atoms with E-state index in [9.17, 15) is 10.2 Å². The van der Waals surface area contributed by atoms with E-state index in [0.717, 1.165) is 0 Å². The van der Waals surface area contributed by atoms with Crippen LogP contribution < -0.4 is 0 Å². The van der Waals surface area contributed by atoms with E-state index in [1.54, 1.807) is 48.5 Å². The fraction of sp³-hybridized carbons (Fsp3) is 0.400. The first kappa shape index (κ1) is 20.1. The summed E-state index contributed by atoms with van der Waals surface area (Å²) in [6.07, 6.45) is -4.14. The number of ether oxygens (including phenoxy) is 4. The molecule has 2 aliphatic rings. The van der Waals surface area contributed by atoms with Crippen LogP contribution in [-0.2, 0) is 29.4 Å². The largest absolute Gasteiger partial charge is 0.394 e. The first-order chi connectivity index (χ1) is 13.5. The van der Waals surface area contributed by atoms with Gasteiger partial charge in [0.15, 0.2) is 0 Å². The number of alkyl halides is 2. The number of hydrogen-bond donors (Lipinski definition) is 2. The predicted octanol–water partition coefficient (Wildman–Crippen LogP) is 2.64. The number of fused-ring (bicyclic) bond motifs is 2. The number of hydrogen-bond acceptors (Lipinski definition) is 6. The maximum Gasteiger partial charge on any atom is 0.277 e. The summed E-state index contributed by atoms with van der Waals surface area (Å²) >= 11 is 13.3. The van der Waals surface area contributed by atoms with Crippen LogP contribution in [0.15, 0.2) is 60.7 Å². The van der Waals surface area contributed by atoms with E-state index in [2.05, 4.69) is 0 Å². The van der Waals surface area contributed by atoms with Crippen LogP contribution in [0.3, 0.4) is 0 Å². The fourth-order valence-corrected chi connectivity index (χ4v) is 4.01. The van der Waals surface area contributed by atoms with Gasteiger partial charge in [0.2, 0.25) is 0 Å². The summed E-state index contributed by atoms with van der Waals surface area (Å²) in [5.74, 6) is 0. The molecule has 2 N–H and O–H groups in total. The number of aliphatic hydroxyl groups excluding tert-OH is 2. The lowest BCUT2D eigenvalue weighted by molar-refractivity contribution is -0.281. The normalized spacial score (nSPS) is 38.4. The fourth-order valence-electron chi connectivity index (χ4n) is 3.37. The third-order valence-corrected chi connectivity index (χ3v) is 5.64. The van der Waals surface area contributed by atoms with Gasteiger partial charge in [-0.25, -0.2) is 0 Å². The second-order valence-electron chi connectivity index (χ2n) is 6.68. The monoisotopic (exact) mass is 426 g/mol. The van der Waals surface area contributed by atoms with E-state index in [1.165, 1.54) is 0 Å². The van der Waals surface area contributed by atoms with E-state index in [1.807, 2.05) is 12.1 Å². The van der Waals surface area contributed by atoms with Gasteiger partial charge < -0.3 is 29.2 Å². The highest BCUT2D eigenvalue weighted by Crippen LogP contribution is 2.44. The summed E-state index contributed by atoms with van der Waals surface area (Å²) in [6, 6.07) is 17.8. The van der Waals surface area contributed by atoms with Crippen LogP contribution in [-0.4, -0.2) is 47.8 Å². The third kappa shape index (κ3) is 3.67. The van der Waals surface area contributed by atoms with Gasteiger partial charge in [-0.1, -0.05) is 83.9 Å². The maximum absolute atomic E-state index is 10.9. The topological polar surface area (TPSA) is 77.4 Å². The molecule has 6 atom stereocenters. The van der Waals surface area contributed by atoms with Gasteiger partial charge in [0.1, 0.15) is 24.4 Å². The molecular weight excluding hydrogens is 407 g/mol. The van der Waals surface area contributed by atoms with Crippen LogP contribution in [0.25, 0.3) is 0 Å². The molecular formula is C20H20Cl2O6. The highest BCUT2D eigenvalue weighted by atomic mass is 35.5. The van der Waals surface area contributed by atoms with Crippen molar-refractivity contribution in [2.45, 2.75) is 34.9 Å². The van der Waals surface area contributed by atoms with Crippen LogP contribution in [0.4, 0.5) is 0 Å². The Morgan fingerprint density at radius 1 is 0.857 bits per heavy atom. The first-order valence-corrected chi connectivity index (χ1v) is 9.66. The molecule has 4 rings (SSSR count). The van der Waals surface area contributed by atoms with Crippen molar-refractivity contribution in [1.29, 1.82) is 0 Å². The van der Waals surface area contributed by atoms with Crippen LogP contribution in [0.2, 0.25) is 0 Å². The highest BCUT2D eigenvalue weighted by molar-refractivity contribution is 6.22. The SMILES string of the molecule is OC[C@@H]1OC(Cl)(c2ccccc2)O[C@@H]2COC(Cl)(c3ccccc3)O[C@@H]1[C@H]2O. The van der Waals surface area contributed by atoms with Gasteiger partial charge in [0.25, 0.3) is 10.5 Å². The Kier molecular flexibility index (Phi) is 5.66. The van der Waals surface area contributed by atoms with Crippen molar-refractivity contribution in [3.05, 3.63) is 71.8 Å². The minimum absolute atomic E-state index is 0.0983. The van der Waals surface area contributed by atoms with Crippen molar-refractivity contribution in [2.75, 3.05) is 13.2 Å². The molecule has 2 aromatic carbocycles. The first-order valence-electron chi connectivity index (χ1n) is 8.90. The zero-order valence-electron chi connectivity index (χ0n) is 14.8. The average molecular weight is 427 g/mol. The van der Waals surface area contributed by atoms with E-state index in [0.29, 0.717) is 11.1 Å². The van der Waals surface area contributed by atoms with Crippen molar-refractivity contribution in [2.24, 2.45) is 0 Å². The molecule has 2 unspecified atom stereocenters. The Labute approximate surface area is 172 Å². The molecule has 2 aromatic rings. The Morgan fingerprint density at radius 2 is 1.43 bits per heavy atom. The quantitative estimate of drug-likeness (QED) is 0.734. The zero-order chi connectivity index (χ0) is 19.8. The second-order valence-corrected chi connectivity index (χ2v) is 7.68. The number of benzene rings is 2. The molecule has 2 bridgehead atoms. The van der Waals surface area contributed by atoms with Crippen molar-refractivity contribution in [3.63, 3.8) is 0 Å². The standard InChI is InChI=1S/C20H20Cl2O6/c21-19(13-7-3-1-4-8-13)25-12-16-17(24)18(28-19)15(11-23)26-20(22,27-16)14-9-5-2-6-10-14/h1-10,15-18,23-24H,11-12H2/t15-,16+,17-,18-,19?,20?/m0/s1. The Balaban J connectivity index is 1.70. The van der Waals surface area contributed by atoms with Gasteiger partial charge in [0.05, 0.1) is 13.2 Å². The van der Waals surface area contributed by atoms with Crippen LogP contribution >= 0.6 is 23.2 Å². The van der Waals surface area contributed by atoms with Crippen LogP contribution in [0.1, 0.15) is 11.1 Å². The Hall–Kier alpha value is -1.22. The van der Waals surface area contributed by atoms with Gasteiger partial charge in [-0.2, -0.15) is 0 Å². The van der Waals surface area contributed by atoms with E-state index >= 15 is 0 Å². The predicted molar refractivity (Wildman–Crippen MR) is 102 cm³/mol. The lowest BCUT2D eigenvalue weighted by atomic mass is 10.0. The van der Waals surface area contributed by atoms with Crippen LogP contribution in [0.5, 0.6) is 0 Å². The molecule has 6 nitrogen and oxygen atoms in total. The molecule has 8 heteroatoms. The summed E-state index contributed by atoms with van der Waals surface area (Å²) in [7, 11) is 0. The minimum Gasteiger partial charge on any atom is -0.394 e. The number of halogens is 2. The molecule has 0 aliphatic carbocycles. The minimum atomic E-state index is -1.72. The summed E-state index contributed by atoms with van der Waals surface area (Å²) < 4.78 is 23.6. The van der Waals surface area contributed by atoms with Crippen LogP contribution in [0, 0.1) is 0 Å². The van der Waals surface area contributed by atoms with Crippen molar-refractivity contribution in [3.8, 4) is 0 Å². The molecule has 2 fully saturated rings. The lowest BCUT2D eigenvalue weighted by Gasteiger charge is -2.35. The summed E-state index contributed by atoms with van der Waals surface area (Å²) in [5.41, 5.74) is 1.07. The molecule has 0 saturated carbocycles. The number of aliphatic hydroxyl groups is 2. The van der Waals surface area contributed by atoms with Gasteiger partial charge in [-0.15, -0.1) is 0 Å². The number of rotatable bonds is 3. The van der Waals surface area contributed by atoms with Gasteiger partial charge in [-0.3, -0.25) is 0 Å². The van der Waals surface area contributed by atoms with E-state index in [-0.39, 0.29) is 6.61 Å². The molecule has 2 heterocycles. The van der Waals surface area contributed by atoms with Crippen molar-refractivity contribution >= 4 is 23.2 Å². The molecule has 150 valence electrons. The summed E-state index contributed by atoms with van der Waals surface area (Å²) in [4.78, 5) is 0. The summed E-state index contributed by atoms with van der Waals surface area (Å²) in [5, 5.41) is 17.4. The Bertz CT molecular complexity index is 790. The van der Waals surface area contributed by atoms with Gasteiger partial charge in [-0.05, 0) is 0 Å². The zero-order valence-corrected chi connectivity index (χ0v) is 16.3. The molecule has 0 aromatic heterocycles. The second kappa shape index (κ2) is 7.89. The van der Waals surface area contributed by atoms with Gasteiger partial charge >= 0.3 is 0 Å². The smallest absolute Gasteiger partial charge is 0.277 e.